The van der Waals surface area contributed by atoms with Crippen molar-refractivity contribution in [2.45, 2.75) is 6.61 Å². The first-order chi connectivity index (χ1) is 9.75. The molecule has 0 radical (unpaired) electrons. The van der Waals surface area contributed by atoms with Gasteiger partial charge in [-0.25, -0.2) is 9.59 Å². The van der Waals surface area contributed by atoms with Crippen LogP contribution >= 0.6 is 0 Å². The third-order valence-electron chi connectivity index (χ3n) is 2.57. The molecule has 0 spiro atoms. The Kier molecular flexibility index (Phi) is 4.89. The zero-order valence-electron chi connectivity index (χ0n) is 10.8. The van der Waals surface area contributed by atoms with Gasteiger partial charge in [-0.15, -0.1) is 0 Å². The van der Waals surface area contributed by atoms with Crippen molar-refractivity contribution in [3.05, 3.63) is 71.8 Å². The Morgan fingerprint density at radius 1 is 0.800 bits per heavy atom. The second-order valence-corrected chi connectivity index (χ2v) is 4.09. The van der Waals surface area contributed by atoms with Gasteiger partial charge in [0.25, 0.3) is 0 Å². The molecule has 0 N–H and O–H groups in total. The molecule has 0 saturated carbocycles. The SMILES string of the molecule is O=C(COC(=O)c1ccccc1)OCc1ccccc1. The predicted octanol–water partition coefficient (Wildman–Crippen LogP) is 2.59. The molecule has 0 aliphatic carbocycles. The molecule has 0 heterocycles. The van der Waals surface area contributed by atoms with E-state index in [1.54, 1.807) is 30.3 Å². The van der Waals surface area contributed by atoms with Crippen molar-refractivity contribution in [3.63, 3.8) is 0 Å². The van der Waals surface area contributed by atoms with Crippen molar-refractivity contribution >= 4 is 11.9 Å². The summed E-state index contributed by atoms with van der Waals surface area (Å²) in [6.07, 6.45) is 0. The summed E-state index contributed by atoms with van der Waals surface area (Å²) >= 11 is 0. The van der Waals surface area contributed by atoms with E-state index in [-0.39, 0.29) is 13.2 Å². The molecular weight excluding hydrogens is 256 g/mol. The van der Waals surface area contributed by atoms with E-state index in [2.05, 4.69) is 0 Å². The number of esters is 2. The molecule has 0 aliphatic heterocycles. The number of ether oxygens (including phenoxy) is 2. The lowest BCUT2D eigenvalue weighted by atomic mass is 10.2. The molecule has 20 heavy (non-hydrogen) atoms. The molecule has 0 unspecified atom stereocenters. The van der Waals surface area contributed by atoms with E-state index < -0.39 is 11.9 Å². The van der Waals surface area contributed by atoms with Crippen LogP contribution in [-0.4, -0.2) is 18.5 Å². The van der Waals surface area contributed by atoms with Crippen molar-refractivity contribution in [2.75, 3.05) is 6.61 Å². The molecule has 2 rings (SSSR count). The van der Waals surface area contributed by atoms with Crippen LogP contribution in [-0.2, 0) is 20.9 Å². The molecule has 0 saturated heterocycles. The fourth-order valence-corrected chi connectivity index (χ4v) is 1.56. The summed E-state index contributed by atoms with van der Waals surface area (Å²) in [4.78, 5) is 23.0. The van der Waals surface area contributed by atoms with Gasteiger partial charge in [-0.2, -0.15) is 0 Å². The van der Waals surface area contributed by atoms with Gasteiger partial charge in [-0.05, 0) is 17.7 Å². The van der Waals surface area contributed by atoms with E-state index in [1.165, 1.54) is 0 Å². The average Bonchev–Trinajstić information content (AvgIpc) is 2.52. The Morgan fingerprint density at radius 2 is 1.40 bits per heavy atom. The Morgan fingerprint density at radius 3 is 2.05 bits per heavy atom. The standard InChI is InChI=1S/C16H14O4/c17-15(19-11-13-7-3-1-4-8-13)12-20-16(18)14-9-5-2-6-10-14/h1-10H,11-12H2. The predicted molar refractivity (Wildman–Crippen MR) is 73.0 cm³/mol. The lowest BCUT2D eigenvalue weighted by molar-refractivity contribution is -0.148. The Bertz CT molecular complexity index is 564. The maximum atomic E-state index is 11.6. The van der Waals surface area contributed by atoms with Crippen LogP contribution in [0.4, 0.5) is 0 Å². The van der Waals surface area contributed by atoms with Crippen LogP contribution in [0.1, 0.15) is 15.9 Å². The lowest BCUT2D eigenvalue weighted by Gasteiger charge is -2.06. The van der Waals surface area contributed by atoms with Crippen LogP contribution in [0.25, 0.3) is 0 Å². The second kappa shape index (κ2) is 7.09. The number of carbonyl (C=O) groups is 2. The number of hydrogen-bond donors (Lipinski definition) is 0. The molecule has 0 aromatic heterocycles. The van der Waals surface area contributed by atoms with Crippen molar-refractivity contribution in [3.8, 4) is 0 Å². The molecule has 2 aromatic rings. The van der Waals surface area contributed by atoms with Crippen molar-refractivity contribution in [1.82, 2.24) is 0 Å². The van der Waals surface area contributed by atoms with Gasteiger partial charge in [0.15, 0.2) is 6.61 Å². The Labute approximate surface area is 116 Å². The van der Waals surface area contributed by atoms with E-state index in [0.717, 1.165) is 5.56 Å². The van der Waals surface area contributed by atoms with Crippen LogP contribution in [0.15, 0.2) is 60.7 Å². The molecule has 0 fully saturated rings. The molecule has 0 bridgehead atoms. The van der Waals surface area contributed by atoms with E-state index in [1.807, 2.05) is 30.3 Å². The zero-order chi connectivity index (χ0) is 14.2. The van der Waals surface area contributed by atoms with Crippen LogP contribution in [0.3, 0.4) is 0 Å². The highest BCUT2D eigenvalue weighted by atomic mass is 16.6. The first-order valence-corrected chi connectivity index (χ1v) is 6.17. The van der Waals surface area contributed by atoms with Gasteiger partial charge in [0.05, 0.1) is 5.56 Å². The zero-order valence-corrected chi connectivity index (χ0v) is 10.8. The maximum Gasteiger partial charge on any atom is 0.344 e. The Hall–Kier alpha value is -2.62. The highest BCUT2D eigenvalue weighted by molar-refractivity contribution is 5.90. The van der Waals surface area contributed by atoms with Crippen LogP contribution < -0.4 is 0 Å². The smallest absolute Gasteiger partial charge is 0.344 e. The summed E-state index contributed by atoms with van der Waals surface area (Å²) in [7, 11) is 0. The fourth-order valence-electron chi connectivity index (χ4n) is 1.56. The molecular formula is C16H14O4. The first-order valence-electron chi connectivity index (χ1n) is 6.17. The molecule has 0 aliphatic rings. The topological polar surface area (TPSA) is 52.6 Å². The number of hydrogen-bond acceptors (Lipinski definition) is 4. The summed E-state index contributed by atoms with van der Waals surface area (Å²) in [5, 5.41) is 0. The van der Waals surface area contributed by atoms with Gasteiger partial charge in [-0.1, -0.05) is 48.5 Å². The number of benzene rings is 2. The molecule has 4 heteroatoms. The Balaban J connectivity index is 1.74. The molecule has 0 amide bonds. The van der Waals surface area contributed by atoms with Gasteiger partial charge >= 0.3 is 11.9 Å². The summed E-state index contributed by atoms with van der Waals surface area (Å²) in [5.41, 5.74) is 1.29. The second-order valence-electron chi connectivity index (χ2n) is 4.09. The minimum absolute atomic E-state index is 0.169. The summed E-state index contributed by atoms with van der Waals surface area (Å²) < 4.78 is 9.86. The van der Waals surface area contributed by atoms with E-state index in [9.17, 15) is 9.59 Å². The lowest BCUT2D eigenvalue weighted by Crippen LogP contribution is -2.16. The van der Waals surface area contributed by atoms with Crippen molar-refractivity contribution < 1.29 is 19.1 Å². The summed E-state index contributed by atoms with van der Waals surface area (Å²) in [6, 6.07) is 17.8. The summed E-state index contributed by atoms with van der Waals surface area (Å²) in [6.45, 7) is -0.219. The number of rotatable bonds is 5. The highest BCUT2D eigenvalue weighted by Crippen LogP contribution is 2.03. The first kappa shape index (κ1) is 13.8. The summed E-state index contributed by atoms with van der Waals surface area (Å²) in [5.74, 6) is -1.11. The molecule has 2 aromatic carbocycles. The van der Waals surface area contributed by atoms with Crippen LogP contribution in [0.2, 0.25) is 0 Å². The minimum atomic E-state index is -0.571. The average molecular weight is 270 g/mol. The third-order valence-corrected chi connectivity index (χ3v) is 2.57. The highest BCUT2D eigenvalue weighted by Gasteiger charge is 2.10. The van der Waals surface area contributed by atoms with E-state index in [4.69, 9.17) is 9.47 Å². The normalized spacial score (nSPS) is 9.80. The van der Waals surface area contributed by atoms with Crippen LogP contribution in [0.5, 0.6) is 0 Å². The van der Waals surface area contributed by atoms with Gasteiger partial charge < -0.3 is 9.47 Å². The van der Waals surface area contributed by atoms with Gasteiger partial charge in [-0.3, -0.25) is 0 Å². The molecule has 4 nitrogen and oxygen atoms in total. The van der Waals surface area contributed by atoms with Crippen molar-refractivity contribution in [1.29, 1.82) is 0 Å². The monoisotopic (exact) mass is 270 g/mol. The minimum Gasteiger partial charge on any atom is -0.458 e. The van der Waals surface area contributed by atoms with E-state index in [0.29, 0.717) is 5.56 Å². The fraction of sp³-hybridized carbons (Fsp3) is 0.125. The molecule has 0 atom stereocenters. The number of carbonyl (C=O) groups excluding carboxylic acids is 2. The van der Waals surface area contributed by atoms with Crippen molar-refractivity contribution in [2.24, 2.45) is 0 Å². The van der Waals surface area contributed by atoms with Gasteiger partial charge in [0.1, 0.15) is 6.61 Å². The van der Waals surface area contributed by atoms with Gasteiger partial charge in [0.2, 0.25) is 0 Å². The van der Waals surface area contributed by atoms with Crippen LogP contribution in [0, 0.1) is 0 Å². The maximum absolute atomic E-state index is 11.6. The third kappa shape index (κ3) is 4.24. The van der Waals surface area contributed by atoms with E-state index >= 15 is 0 Å². The molecule has 102 valence electrons. The van der Waals surface area contributed by atoms with Gasteiger partial charge in [0, 0.05) is 0 Å². The quantitative estimate of drug-likeness (QED) is 0.784. The largest absolute Gasteiger partial charge is 0.458 e.